The van der Waals surface area contributed by atoms with Gasteiger partial charge in [0.2, 0.25) is 5.91 Å². The van der Waals surface area contributed by atoms with Gasteiger partial charge in [0, 0.05) is 13.5 Å². The molecular weight excluding hydrogens is 356 g/mol. The summed E-state index contributed by atoms with van der Waals surface area (Å²) in [6, 6.07) is 10.5. The summed E-state index contributed by atoms with van der Waals surface area (Å²) in [7, 11) is 1.35. The average molecular weight is 376 g/mol. The summed E-state index contributed by atoms with van der Waals surface area (Å²) in [4.78, 5) is 36.6. The lowest BCUT2D eigenvalue weighted by molar-refractivity contribution is -0.143. The van der Waals surface area contributed by atoms with Crippen molar-refractivity contribution >= 4 is 29.1 Å². The molecule has 0 aliphatic carbocycles. The first-order chi connectivity index (χ1) is 12.5. The number of hydrogen-bond donors (Lipinski definition) is 3. The Bertz CT molecular complexity index is 733. The van der Waals surface area contributed by atoms with Crippen LogP contribution >= 0.6 is 11.3 Å². The van der Waals surface area contributed by atoms with E-state index >= 15 is 0 Å². The number of carbonyl (C=O) groups is 3. The molecule has 1 aromatic heterocycles. The van der Waals surface area contributed by atoms with Crippen LogP contribution in [0.2, 0.25) is 0 Å². The molecule has 26 heavy (non-hydrogen) atoms. The van der Waals surface area contributed by atoms with E-state index in [2.05, 4.69) is 10.6 Å². The van der Waals surface area contributed by atoms with E-state index in [9.17, 15) is 19.5 Å². The summed E-state index contributed by atoms with van der Waals surface area (Å²) in [5.74, 6) is -2.17. The third-order valence-corrected chi connectivity index (χ3v) is 4.47. The maximum absolute atomic E-state index is 12.6. The van der Waals surface area contributed by atoms with E-state index in [-0.39, 0.29) is 18.9 Å². The molecule has 2 aromatic rings. The molecule has 2 unspecified atom stereocenters. The lowest BCUT2D eigenvalue weighted by atomic mass is 10.0. The third kappa shape index (κ3) is 5.68. The minimum atomic E-state index is -1.21. The van der Waals surface area contributed by atoms with Gasteiger partial charge in [-0.25, -0.2) is 4.79 Å². The fourth-order valence-electron chi connectivity index (χ4n) is 2.31. The van der Waals surface area contributed by atoms with Gasteiger partial charge in [-0.05, 0) is 17.0 Å². The quantitative estimate of drug-likeness (QED) is 0.612. The van der Waals surface area contributed by atoms with Crippen LogP contribution in [0.5, 0.6) is 0 Å². The molecule has 0 aliphatic rings. The number of nitrogens with one attached hydrogen (secondary N) is 2. The Hall–Kier alpha value is -2.71. The van der Waals surface area contributed by atoms with Crippen LogP contribution in [0.15, 0.2) is 47.8 Å². The number of rotatable bonds is 9. The van der Waals surface area contributed by atoms with Gasteiger partial charge in [-0.2, -0.15) is 0 Å². The molecule has 0 fully saturated rings. The van der Waals surface area contributed by atoms with Crippen molar-refractivity contribution in [2.75, 3.05) is 13.7 Å². The molecule has 138 valence electrons. The third-order valence-electron chi connectivity index (χ3n) is 3.60. The molecule has 0 saturated carbocycles. The number of ether oxygens (including phenoxy) is 1. The topological polar surface area (TPSA) is 105 Å². The molecule has 7 nitrogen and oxygen atoms in total. The second kappa shape index (κ2) is 9.69. The molecule has 0 saturated heterocycles. The minimum Gasteiger partial charge on any atom is -0.480 e. The highest BCUT2D eigenvalue weighted by atomic mass is 32.1. The number of thiophene rings is 1. The van der Waals surface area contributed by atoms with E-state index in [0.717, 1.165) is 5.56 Å². The van der Waals surface area contributed by atoms with Crippen LogP contribution < -0.4 is 10.6 Å². The molecule has 0 spiro atoms. The van der Waals surface area contributed by atoms with E-state index in [1.807, 2.05) is 30.3 Å². The molecule has 2 rings (SSSR count). The molecule has 8 heteroatoms. The zero-order valence-corrected chi connectivity index (χ0v) is 15.0. The van der Waals surface area contributed by atoms with Crippen molar-refractivity contribution < 1.29 is 24.2 Å². The number of aliphatic carboxylic acids is 1. The van der Waals surface area contributed by atoms with Crippen molar-refractivity contribution in [3.8, 4) is 0 Å². The summed E-state index contributed by atoms with van der Waals surface area (Å²) < 4.78 is 4.82. The number of benzene rings is 1. The van der Waals surface area contributed by atoms with Crippen LogP contribution in [0.3, 0.4) is 0 Å². The fraction of sp³-hybridized carbons (Fsp3) is 0.278. The number of carboxylic acid groups (broad SMARTS) is 1. The zero-order chi connectivity index (χ0) is 18.9. The standard InChI is InChI=1S/C18H20N2O5S/c1-25-11-14(18(23)24)20-16(21)13(10-12-6-3-2-4-7-12)19-17(22)15-8-5-9-26-15/h2-9,13-14H,10-11H2,1H3,(H,19,22)(H,20,21)(H,23,24). The van der Waals surface area contributed by atoms with E-state index in [1.54, 1.807) is 17.5 Å². The van der Waals surface area contributed by atoms with Crippen LogP contribution in [0.25, 0.3) is 0 Å². The highest BCUT2D eigenvalue weighted by molar-refractivity contribution is 7.12. The molecule has 0 radical (unpaired) electrons. The largest absolute Gasteiger partial charge is 0.480 e. The van der Waals surface area contributed by atoms with Gasteiger partial charge in [-0.1, -0.05) is 36.4 Å². The Kier molecular flexibility index (Phi) is 7.31. The molecule has 2 atom stereocenters. The number of methoxy groups -OCH3 is 1. The van der Waals surface area contributed by atoms with Gasteiger partial charge in [0.15, 0.2) is 6.04 Å². The highest BCUT2D eigenvalue weighted by Gasteiger charge is 2.27. The van der Waals surface area contributed by atoms with Gasteiger partial charge in [-0.15, -0.1) is 11.3 Å². The van der Waals surface area contributed by atoms with Crippen molar-refractivity contribution in [3.63, 3.8) is 0 Å². The molecule has 1 aromatic carbocycles. The number of carbonyl (C=O) groups excluding carboxylic acids is 2. The Morgan fingerprint density at radius 1 is 1.08 bits per heavy atom. The Morgan fingerprint density at radius 3 is 2.38 bits per heavy atom. The van der Waals surface area contributed by atoms with E-state index < -0.39 is 24.0 Å². The van der Waals surface area contributed by atoms with Crippen LogP contribution in [0.1, 0.15) is 15.2 Å². The van der Waals surface area contributed by atoms with Gasteiger partial charge in [0.25, 0.3) is 5.91 Å². The van der Waals surface area contributed by atoms with Crippen molar-refractivity contribution in [3.05, 3.63) is 58.3 Å². The van der Waals surface area contributed by atoms with E-state index in [4.69, 9.17) is 4.74 Å². The summed E-state index contributed by atoms with van der Waals surface area (Å²) in [6.45, 7) is -0.169. The van der Waals surface area contributed by atoms with Crippen molar-refractivity contribution in [2.24, 2.45) is 0 Å². The maximum Gasteiger partial charge on any atom is 0.328 e. The predicted octanol–water partition coefficient (Wildman–Crippen LogP) is 1.30. The first kappa shape index (κ1) is 19.6. The Morgan fingerprint density at radius 2 is 1.81 bits per heavy atom. The molecular formula is C18H20N2O5S. The van der Waals surface area contributed by atoms with Gasteiger partial charge in [0.05, 0.1) is 11.5 Å². The summed E-state index contributed by atoms with van der Waals surface area (Å²) in [5.41, 5.74) is 0.845. The van der Waals surface area contributed by atoms with Crippen molar-refractivity contribution in [1.29, 1.82) is 0 Å². The number of carboxylic acids is 1. The Labute approximate surface area is 155 Å². The Balaban J connectivity index is 2.14. The summed E-state index contributed by atoms with van der Waals surface area (Å²) >= 11 is 1.26. The van der Waals surface area contributed by atoms with E-state index in [0.29, 0.717) is 4.88 Å². The second-order valence-electron chi connectivity index (χ2n) is 5.55. The van der Waals surface area contributed by atoms with Crippen LogP contribution in [-0.4, -0.2) is 48.7 Å². The SMILES string of the molecule is COCC(NC(=O)C(Cc1ccccc1)NC(=O)c1cccs1)C(=O)O. The van der Waals surface area contributed by atoms with Gasteiger partial charge in [0.1, 0.15) is 6.04 Å². The van der Waals surface area contributed by atoms with Crippen LogP contribution in [0.4, 0.5) is 0 Å². The van der Waals surface area contributed by atoms with Gasteiger partial charge >= 0.3 is 5.97 Å². The lowest BCUT2D eigenvalue weighted by Gasteiger charge is -2.21. The smallest absolute Gasteiger partial charge is 0.328 e. The second-order valence-corrected chi connectivity index (χ2v) is 6.50. The summed E-state index contributed by atoms with van der Waals surface area (Å²) in [6.07, 6.45) is 0.239. The molecule has 0 aliphatic heterocycles. The number of hydrogen-bond acceptors (Lipinski definition) is 5. The predicted molar refractivity (Wildman–Crippen MR) is 97.2 cm³/mol. The zero-order valence-electron chi connectivity index (χ0n) is 14.2. The van der Waals surface area contributed by atoms with Crippen LogP contribution in [-0.2, 0) is 20.7 Å². The molecule has 0 bridgehead atoms. The molecule has 3 N–H and O–H groups in total. The first-order valence-electron chi connectivity index (χ1n) is 7.91. The van der Waals surface area contributed by atoms with Crippen molar-refractivity contribution in [2.45, 2.75) is 18.5 Å². The summed E-state index contributed by atoms with van der Waals surface area (Å²) in [5, 5.41) is 16.0. The minimum absolute atomic E-state index is 0.169. The maximum atomic E-state index is 12.6. The van der Waals surface area contributed by atoms with E-state index in [1.165, 1.54) is 18.4 Å². The normalized spacial score (nSPS) is 12.8. The first-order valence-corrected chi connectivity index (χ1v) is 8.79. The van der Waals surface area contributed by atoms with Gasteiger partial charge < -0.3 is 20.5 Å². The average Bonchev–Trinajstić information content (AvgIpc) is 3.16. The molecule has 1 heterocycles. The monoisotopic (exact) mass is 376 g/mol. The van der Waals surface area contributed by atoms with Gasteiger partial charge in [-0.3, -0.25) is 9.59 Å². The lowest BCUT2D eigenvalue weighted by Crippen LogP contribution is -2.53. The van der Waals surface area contributed by atoms with Crippen LogP contribution in [0, 0.1) is 0 Å². The highest BCUT2D eigenvalue weighted by Crippen LogP contribution is 2.10. The molecule has 2 amide bonds. The fourth-order valence-corrected chi connectivity index (χ4v) is 2.94. The van der Waals surface area contributed by atoms with Crippen molar-refractivity contribution in [1.82, 2.24) is 10.6 Å². The number of amides is 2.